The van der Waals surface area contributed by atoms with E-state index in [0.717, 1.165) is 19.6 Å². The summed E-state index contributed by atoms with van der Waals surface area (Å²) < 4.78 is 0. The van der Waals surface area contributed by atoms with Gasteiger partial charge in [0.15, 0.2) is 0 Å². The summed E-state index contributed by atoms with van der Waals surface area (Å²) in [4.78, 5) is 13.6. The predicted molar refractivity (Wildman–Crippen MR) is 66.4 cm³/mol. The van der Waals surface area contributed by atoms with E-state index in [1.54, 1.807) is 0 Å². The van der Waals surface area contributed by atoms with Crippen LogP contribution in [0.1, 0.15) is 32.6 Å². The Kier molecular flexibility index (Phi) is 6.42. The highest BCUT2D eigenvalue weighted by atomic mass is 16.1. The zero-order chi connectivity index (χ0) is 11.8. The maximum atomic E-state index is 11.2. The van der Waals surface area contributed by atoms with Gasteiger partial charge in [-0.25, -0.2) is 0 Å². The number of amides is 1. The molecule has 0 aromatic heterocycles. The fourth-order valence-corrected chi connectivity index (χ4v) is 2.16. The molecule has 0 spiro atoms. The van der Waals surface area contributed by atoms with Crippen LogP contribution in [0.3, 0.4) is 0 Å². The number of likely N-dealkylation sites (tertiary alicyclic amines) is 1. The normalized spacial score (nSPS) is 22.0. The van der Waals surface area contributed by atoms with E-state index in [-0.39, 0.29) is 5.91 Å². The van der Waals surface area contributed by atoms with Crippen molar-refractivity contribution in [3.63, 3.8) is 0 Å². The van der Waals surface area contributed by atoms with Crippen LogP contribution in [0.25, 0.3) is 0 Å². The molecule has 2 N–H and O–H groups in total. The molecule has 0 aromatic rings. The van der Waals surface area contributed by atoms with Crippen LogP contribution in [0, 0.1) is 0 Å². The highest BCUT2D eigenvalue weighted by Crippen LogP contribution is 2.13. The molecular formula is C12H25N3O. The highest BCUT2D eigenvalue weighted by molar-refractivity contribution is 5.75. The number of piperidine rings is 1. The number of hydrogen-bond donors (Lipinski definition) is 2. The largest absolute Gasteiger partial charge is 0.356 e. The van der Waals surface area contributed by atoms with Crippen LogP contribution >= 0.6 is 0 Å². The van der Waals surface area contributed by atoms with Gasteiger partial charge in [0.1, 0.15) is 0 Å². The van der Waals surface area contributed by atoms with Gasteiger partial charge in [-0.15, -0.1) is 0 Å². The predicted octanol–water partition coefficient (Wildman–Crippen LogP) is 0.587. The first-order valence-corrected chi connectivity index (χ1v) is 6.41. The van der Waals surface area contributed by atoms with Gasteiger partial charge in [0, 0.05) is 32.1 Å². The Morgan fingerprint density at radius 2 is 2.25 bits per heavy atom. The van der Waals surface area contributed by atoms with Crippen LogP contribution < -0.4 is 10.6 Å². The van der Waals surface area contributed by atoms with Gasteiger partial charge >= 0.3 is 0 Å². The Balaban J connectivity index is 2.03. The zero-order valence-corrected chi connectivity index (χ0v) is 10.6. The molecule has 1 fully saturated rings. The first-order valence-electron chi connectivity index (χ1n) is 6.41. The van der Waals surface area contributed by atoms with Crippen molar-refractivity contribution in [3.8, 4) is 0 Å². The molecule has 0 aliphatic carbocycles. The minimum absolute atomic E-state index is 0.145. The maximum Gasteiger partial charge on any atom is 0.221 e. The third-order valence-electron chi connectivity index (χ3n) is 3.20. The van der Waals surface area contributed by atoms with Crippen molar-refractivity contribution in [1.29, 1.82) is 0 Å². The number of nitrogens with zero attached hydrogens (tertiary/aromatic N) is 1. The molecule has 0 radical (unpaired) electrons. The monoisotopic (exact) mass is 227 g/mol. The molecule has 0 aromatic carbocycles. The van der Waals surface area contributed by atoms with Gasteiger partial charge in [-0.05, 0) is 33.4 Å². The standard InChI is InChI=1S/C12H25N3O/c1-3-14-12(16)7-8-13-10-11-6-4-5-9-15(11)2/h11,13H,3-10H2,1-2H3,(H,14,16). The van der Waals surface area contributed by atoms with Crippen LogP contribution in [-0.4, -0.2) is 50.1 Å². The minimum atomic E-state index is 0.145. The summed E-state index contributed by atoms with van der Waals surface area (Å²) in [5.41, 5.74) is 0. The lowest BCUT2D eigenvalue weighted by atomic mass is 10.0. The van der Waals surface area contributed by atoms with Crippen molar-refractivity contribution < 1.29 is 4.79 Å². The summed E-state index contributed by atoms with van der Waals surface area (Å²) in [6.45, 7) is 5.68. The van der Waals surface area contributed by atoms with Gasteiger partial charge in [0.25, 0.3) is 0 Å². The molecule has 0 saturated carbocycles. The summed E-state index contributed by atoms with van der Waals surface area (Å²) in [5, 5.41) is 6.18. The fraction of sp³-hybridized carbons (Fsp3) is 0.917. The second-order valence-electron chi connectivity index (χ2n) is 4.54. The SMILES string of the molecule is CCNC(=O)CCNCC1CCCCN1C. The van der Waals surface area contributed by atoms with Gasteiger partial charge in [-0.1, -0.05) is 6.42 Å². The minimum Gasteiger partial charge on any atom is -0.356 e. The van der Waals surface area contributed by atoms with Crippen molar-refractivity contribution in [2.24, 2.45) is 0 Å². The number of rotatable bonds is 6. The Bertz CT molecular complexity index is 208. The zero-order valence-electron chi connectivity index (χ0n) is 10.6. The van der Waals surface area contributed by atoms with Crippen LogP contribution in [-0.2, 0) is 4.79 Å². The van der Waals surface area contributed by atoms with Crippen LogP contribution in [0.4, 0.5) is 0 Å². The summed E-state index contributed by atoms with van der Waals surface area (Å²) in [7, 11) is 2.19. The second-order valence-corrected chi connectivity index (χ2v) is 4.54. The van der Waals surface area contributed by atoms with Gasteiger partial charge in [0.2, 0.25) is 5.91 Å². The van der Waals surface area contributed by atoms with Gasteiger partial charge in [-0.2, -0.15) is 0 Å². The molecule has 4 nitrogen and oxygen atoms in total. The molecule has 0 bridgehead atoms. The second kappa shape index (κ2) is 7.63. The first kappa shape index (κ1) is 13.5. The number of nitrogens with one attached hydrogen (secondary N) is 2. The number of hydrogen-bond acceptors (Lipinski definition) is 3. The van der Waals surface area contributed by atoms with E-state index in [4.69, 9.17) is 0 Å². The topological polar surface area (TPSA) is 44.4 Å². The summed E-state index contributed by atoms with van der Waals surface area (Å²) in [6.07, 6.45) is 4.54. The molecular weight excluding hydrogens is 202 g/mol. The smallest absolute Gasteiger partial charge is 0.221 e. The Morgan fingerprint density at radius 1 is 1.44 bits per heavy atom. The molecule has 1 aliphatic heterocycles. The highest BCUT2D eigenvalue weighted by Gasteiger charge is 2.17. The molecule has 1 heterocycles. The average molecular weight is 227 g/mol. The van der Waals surface area contributed by atoms with Crippen molar-refractivity contribution in [1.82, 2.24) is 15.5 Å². The van der Waals surface area contributed by atoms with E-state index in [2.05, 4.69) is 22.6 Å². The Labute approximate surface area is 98.8 Å². The lowest BCUT2D eigenvalue weighted by Gasteiger charge is -2.32. The van der Waals surface area contributed by atoms with E-state index < -0.39 is 0 Å². The van der Waals surface area contributed by atoms with Crippen LogP contribution in [0.5, 0.6) is 0 Å². The Hall–Kier alpha value is -0.610. The molecule has 1 amide bonds. The molecule has 1 rings (SSSR count). The molecule has 4 heteroatoms. The molecule has 1 aliphatic rings. The van der Waals surface area contributed by atoms with E-state index >= 15 is 0 Å². The summed E-state index contributed by atoms with van der Waals surface area (Å²) >= 11 is 0. The van der Waals surface area contributed by atoms with Crippen LogP contribution in [0.15, 0.2) is 0 Å². The quantitative estimate of drug-likeness (QED) is 0.653. The third kappa shape index (κ3) is 4.94. The van der Waals surface area contributed by atoms with E-state index in [1.807, 2.05) is 6.92 Å². The third-order valence-corrected chi connectivity index (χ3v) is 3.20. The van der Waals surface area contributed by atoms with Crippen molar-refractivity contribution >= 4 is 5.91 Å². The number of carbonyl (C=O) groups excluding carboxylic acids is 1. The maximum absolute atomic E-state index is 11.2. The van der Waals surface area contributed by atoms with E-state index in [0.29, 0.717) is 12.5 Å². The lowest BCUT2D eigenvalue weighted by Crippen LogP contribution is -2.43. The summed E-state index contributed by atoms with van der Waals surface area (Å²) in [5.74, 6) is 0.145. The fourth-order valence-electron chi connectivity index (χ4n) is 2.16. The van der Waals surface area contributed by atoms with Crippen LogP contribution in [0.2, 0.25) is 0 Å². The first-order chi connectivity index (χ1) is 7.74. The molecule has 1 unspecified atom stereocenters. The van der Waals surface area contributed by atoms with Crippen molar-refractivity contribution in [3.05, 3.63) is 0 Å². The van der Waals surface area contributed by atoms with Gasteiger partial charge in [0.05, 0.1) is 0 Å². The van der Waals surface area contributed by atoms with Crippen molar-refractivity contribution in [2.75, 3.05) is 33.2 Å². The van der Waals surface area contributed by atoms with Crippen molar-refractivity contribution in [2.45, 2.75) is 38.6 Å². The average Bonchev–Trinajstić information content (AvgIpc) is 2.27. The summed E-state index contributed by atoms with van der Waals surface area (Å²) in [6, 6.07) is 0.656. The van der Waals surface area contributed by atoms with Gasteiger partial charge in [-0.3, -0.25) is 4.79 Å². The van der Waals surface area contributed by atoms with E-state index in [1.165, 1.54) is 25.8 Å². The van der Waals surface area contributed by atoms with E-state index in [9.17, 15) is 4.79 Å². The molecule has 94 valence electrons. The molecule has 1 atom stereocenters. The Morgan fingerprint density at radius 3 is 2.94 bits per heavy atom. The number of likely N-dealkylation sites (N-methyl/N-ethyl adjacent to an activating group) is 1. The number of carbonyl (C=O) groups is 1. The molecule has 16 heavy (non-hydrogen) atoms. The van der Waals surface area contributed by atoms with Gasteiger partial charge < -0.3 is 15.5 Å². The molecule has 1 saturated heterocycles. The lowest BCUT2D eigenvalue weighted by molar-refractivity contribution is -0.120.